The van der Waals surface area contributed by atoms with Crippen LogP contribution in [0, 0.1) is 0 Å². The molecular weight excluding hydrogens is 296 g/mol. The summed E-state index contributed by atoms with van der Waals surface area (Å²) in [5, 5.41) is 13.8. The zero-order valence-electron chi connectivity index (χ0n) is 13.6. The number of hydrogen-bond donors (Lipinski definition) is 2. The van der Waals surface area contributed by atoms with Crippen LogP contribution in [-0.2, 0) is 0 Å². The Kier molecular flexibility index (Phi) is 5.35. The first-order valence-electron chi connectivity index (χ1n) is 7.17. The van der Waals surface area contributed by atoms with Gasteiger partial charge in [0.25, 0.3) is 5.91 Å². The van der Waals surface area contributed by atoms with Gasteiger partial charge in [-0.1, -0.05) is 6.07 Å². The molecule has 0 unspecified atom stereocenters. The highest BCUT2D eigenvalue weighted by molar-refractivity contribution is 6.07. The van der Waals surface area contributed by atoms with Crippen LogP contribution in [0.5, 0.6) is 11.5 Å². The minimum Gasteiger partial charge on any atom is -0.496 e. The quantitative estimate of drug-likeness (QED) is 0.852. The highest BCUT2D eigenvalue weighted by Gasteiger charge is 2.18. The second-order valence-corrected chi connectivity index (χ2v) is 5.09. The Balaban J connectivity index is 2.19. The van der Waals surface area contributed by atoms with Crippen LogP contribution in [0.2, 0.25) is 0 Å². The zero-order valence-corrected chi connectivity index (χ0v) is 13.6. The Morgan fingerprint density at radius 1 is 1.00 bits per heavy atom. The van der Waals surface area contributed by atoms with Gasteiger partial charge in [0.05, 0.1) is 14.2 Å². The highest BCUT2D eigenvalue weighted by Crippen LogP contribution is 2.28. The van der Waals surface area contributed by atoms with Crippen LogP contribution >= 0.6 is 0 Å². The summed E-state index contributed by atoms with van der Waals surface area (Å²) in [5.74, 6) is 1.46. The standard InChI is InChI=1S/C16H20N4O3/c1-10(2)17-13-8-9-14(20-19-13)18-16(21)15-11(22-3)6-5-7-12(15)23-4/h5-10H,1-4H3,(H,17,19)(H,18,20,21). The lowest BCUT2D eigenvalue weighted by Crippen LogP contribution is -2.16. The number of carbonyl (C=O) groups is 1. The molecule has 0 radical (unpaired) electrons. The number of amides is 1. The molecule has 1 aromatic carbocycles. The molecule has 23 heavy (non-hydrogen) atoms. The van der Waals surface area contributed by atoms with Crippen molar-refractivity contribution in [1.29, 1.82) is 0 Å². The lowest BCUT2D eigenvalue weighted by Gasteiger charge is -2.13. The molecule has 2 N–H and O–H groups in total. The Labute approximate surface area is 135 Å². The maximum atomic E-state index is 12.5. The first kappa shape index (κ1) is 16.5. The fourth-order valence-corrected chi connectivity index (χ4v) is 2.03. The van der Waals surface area contributed by atoms with Crippen molar-refractivity contribution in [3.63, 3.8) is 0 Å². The van der Waals surface area contributed by atoms with E-state index in [0.717, 1.165) is 0 Å². The predicted molar refractivity (Wildman–Crippen MR) is 88.3 cm³/mol. The number of nitrogens with one attached hydrogen (secondary N) is 2. The molecule has 0 aliphatic carbocycles. The first-order chi connectivity index (χ1) is 11.0. The lowest BCUT2D eigenvalue weighted by molar-refractivity contribution is 0.102. The number of aromatic nitrogens is 2. The van der Waals surface area contributed by atoms with Gasteiger partial charge in [-0.2, -0.15) is 0 Å². The minimum absolute atomic E-state index is 0.252. The Morgan fingerprint density at radius 2 is 1.57 bits per heavy atom. The Morgan fingerprint density at radius 3 is 2.04 bits per heavy atom. The van der Waals surface area contributed by atoms with Gasteiger partial charge in [-0.15, -0.1) is 10.2 Å². The van der Waals surface area contributed by atoms with Crippen molar-refractivity contribution in [3.8, 4) is 11.5 Å². The first-order valence-corrected chi connectivity index (χ1v) is 7.17. The summed E-state index contributed by atoms with van der Waals surface area (Å²) >= 11 is 0. The van der Waals surface area contributed by atoms with Crippen LogP contribution in [0.25, 0.3) is 0 Å². The number of hydrogen-bond acceptors (Lipinski definition) is 6. The van der Waals surface area contributed by atoms with Gasteiger partial charge in [0.1, 0.15) is 22.9 Å². The largest absolute Gasteiger partial charge is 0.496 e. The molecule has 0 saturated heterocycles. The number of methoxy groups -OCH3 is 2. The fraction of sp³-hybridized carbons (Fsp3) is 0.312. The zero-order chi connectivity index (χ0) is 16.8. The summed E-state index contributed by atoms with van der Waals surface area (Å²) in [6.45, 7) is 4.01. The van der Waals surface area contributed by atoms with Crippen molar-refractivity contribution in [1.82, 2.24) is 10.2 Å². The van der Waals surface area contributed by atoms with E-state index in [0.29, 0.717) is 28.7 Å². The van der Waals surface area contributed by atoms with E-state index in [2.05, 4.69) is 20.8 Å². The topological polar surface area (TPSA) is 85.4 Å². The molecule has 1 heterocycles. The Hall–Kier alpha value is -2.83. The number of anilines is 2. The molecule has 0 aliphatic heterocycles. The van der Waals surface area contributed by atoms with Crippen LogP contribution in [-0.4, -0.2) is 36.4 Å². The molecular formula is C16H20N4O3. The van der Waals surface area contributed by atoms with Crippen molar-refractivity contribution in [2.45, 2.75) is 19.9 Å². The van der Waals surface area contributed by atoms with E-state index in [1.807, 2.05) is 13.8 Å². The van der Waals surface area contributed by atoms with Gasteiger partial charge in [0.15, 0.2) is 5.82 Å². The van der Waals surface area contributed by atoms with E-state index in [9.17, 15) is 4.79 Å². The number of rotatable bonds is 6. The van der Waals surface area contributed by atoms with E-state index >= 15 is 0 Å². The maximum Gasteiger partial charge on any atom is 0.264 e. The summed E-state index contributed by atoms with van der Waals surface area (Å²) in [6, 6.07) is 8.82. The van der Waals surface area contributed by atoms with E-state index in [1.165, 1.54) is 14.2 Å². The van der Waals surface area contributed by atoms with Gasteiger partial charge >= 0.3 is 0 Å². The van der Waals surface area contributed by atoms with Crippen molar-refractivity contribution in [3.05, 3.63) is 35.9 Å². The van der Waals surface area contributed by atoms with Crippen molar-refractivity contribution >= 4 is 17.5 Å². The molecule has 2 rings (SSSR count). The van der Waals surface area contributed by atoms with Crippen LogP contribution in [0.4, 0.5) is 11.6 Å². The second-order valence-electron chi connectivity index (χ2n) is 5.09. The molecule has 122 valence electrons. The van der Waals surface area contributed by atoms with E-state index in [1.54, 1.807) is 30.3 Å². The number of nitrogens with zero attached hydrogens (tertiary/aromatic N) is 2. The molecule has 0 bridgehead atoms. The molecule has 0 saturated carbocycles. The van der Waals surface area contributed by atoms with Gasteiger partial charge < -0.3 is 20.1 Å². The van der Waals surface area contributed by atoms with Gasteiger partial charge in [-0.05, 0) is 38.1 Å². The van der Waals surface area contributed by atoms with Crippen molar-refractivity contribution in [2.24, 2.45) is 0 Å². The molecule has 0 fully saturated rings. The van der Waals surface area contributed by atoms with Crippen LogP contribution in [0.3, 0.4) is 0 Å². The molecule has 2 aromatic rings. The van der Waals surface area contributed by atoms with Gasteiger partial charge in [-0.25, -0.2) is 0 Å². The summed E-state index contributed by atoms with van der Waals surface area (Å²) in [4.78, 5) is 12.5. The van der Waals surface area contributed by atoms with Crippen molar-refractivity contribution < 1.29 is 14.3 Å². The second kappa shape index (κ2) is 7.44. The molecule has 0 spiro atoms. The number of benzene rings is 1. The average molecular weight is 316 g/mol. The average Bonchev–Trinajstić information content (AvgIpc) is 2.55. The monoisotopic (exact) mass is 316 g/mol. The summed E-state index contributed by atoms with van der Waals surface area (Å²) in [6.07, 6.45) is 0. The molecule has 7 heteroatoms. The molecule has 7 nitrogen and oxygen atoms in total. The third kappa shape index (κ3) is 4.09. The van der Waals surface area contributed by atoms with E-state index in [4.69, 9.17) is 9.47 Å². The molecule has 1 amide bonds. The van der Waals surface area contributed by atoms with Crippen LogP contribution in [0.15, 0.2) is 30.3 Å². The molecule has 0 atom stereocenters. The highest BCUT2D eigenvalue weighted by atomic mass is 16.5. The van der Waals surface area contributed by atoms with Crippen molar-refractivity contribution in [2.75, 3.05) is 24.9 Å². The van der Waals surface area contributed by atoms with E-state index < -0.39 is 0 Å². The normalized spacial score (nSPS) is 10.3. The Bertz CT molecular complexity index is 649. The van der Waals surface area contributed by atoms with Gasteiger partial charge in [-0.3, -0.25) is 4.79 Å². The molecule has 1 aromatic heterocycles. The maximum absolute atomic E-state index is 12.5. The number of ether oxygens (including phenoxy) is 2. The summed E-state index contributed by atoms with van der Waals surface area (Å²) in [5.41, 5.74) is 0.309. The molecule has 0 aliphatic rings. The third-order valence-corrected chi connectivity index (χ3v) is 3.00. The van der Waals surface area contributed by atoms with E-state index in [-0.39, 0.29) is 11.9 Å². The minimum atomic E-state index is -0.377. The number of carbonyl (C=O) groups excluding carboxylic acids is 1. The van der Waals surface area contributed by atoms with Gasteiger partial charge in [0.2, 0.25) is 0 Å². The third-order valence-electron chi connectivity index (χ3n) is 3.00. The SMILES string of the molecule is COc1cccc(OC)c1C(=O)Nc1ccc(NC(C)C)nn1. The van der Waals surface area contributed by atoms with Crippen LogP contribution in [0.1, 0.15) is 24.2 Å². The lowest BCUT2D eigenvalue weighted by atomic mass is 10.1. The summed E-state index contributed by atoms with van der Waals surface area (Å²) in [7, 11) is 3.00. The smallest absolute Gasteiger partial charge is 0.264 e. The van der Waals surface area contributed by atoms with Crippen LogP contribution < -0.4 is 20.1 Å². The fourth-order valence-electron chi connectivity index (χ4n) is 2.03. The predicted octanol–water partition coefficient (Wildman–Crippen LogP) is 2.57. The summed E-state index contributed by atoms with van der Waals surface area (Å²) < 4.78 is 10.4. The van der Waals surface area contributed by atoms with Gasteiger partial charge in [0, 0.05) is 6.04 Å².